The fourth-order valence-electron chi connectivity index (χ4n) is 3.03. The van der Waals surface area contributed by atoms with Gasteiger partial charge in [-0.3, -0.25) is 0 Å². The number of sulfonamides is 1. The largest absolute Gasteiger partial charge is 0.347 e. The maximum Gasteiger partial charge on any atom is 0.240 e. The number of aryl methyl sites for hydroxylation is 2. The summed E-state index contributed by atoms with van der Waals surface area (Å²) in [5, 5.41) is 0. The minimum Gasteiger partial charge on any atom is -0.347 e. The summed E-state index contributed by atoms with van der Waals surface area (Å²) in [5.41, 5.74) is 1.99. The van der Waals surface area contributed by atoms with Crippen molar-refractivity contribution >= 4 is 21.9 Å². The lowest BCUT2D eigenvalue weighted by atomic mass is 10.1. The third-order valence-corrected chi connectivity index (χ3v) is 6.30. The first-order chi connectivity index (χ1) is 13.3. The molecule has 9 heteroatoms. The van der Waals surface area contributed by atoms with Gasteiger partial charge in [0.2, 0.25) is 21.9 Å². The lowest BCUT2D eigenvalue weighted by Crippen LogP contribution is -2.33. The van der Waals surface area contributed by atoms with Gasteiger partial charge in [0.1, 0.15) is 0 Å². The van der Waals surface area contributed by atoms with Gasteiger partial charge in [-0.25, -0.2) is 13.1 Å². The third-order valence-electron chi connectivity index (χ3n) is 4.91. The standard InChI is InChI=1S/C19H28N6O2S/c1-14-8-9-16(12-15(14)2)28(26,27)20-13-17-21-18(24(3)4)23-19(22-17)25-10-6-5-7-11-25/h8-9,12,20H,5-7,10-11,13H2,1-4H3. The predicted octanol–water partition coefficient (Wildman–Crippen LogP) is 2.02. The molecule has 1 aliphatic heterocycles. The van der Waals surface area contributed by atoms with Crippen LogP contribution in [0.25, 0.3) is 0 Å². The van der Waals surface area contributed by atoms with Crippen LogP contribution in [0.15, 0.2) is 23.1 Å². The Morgan fingerprint density at radius 2 is 1.75 bits per heavy atom. The molecule has 28 heavy (non-hydrogen) atoms. The summed E-state index contributed by atoms with van der Waals surface area (Å²) >= 11 is 0. The maximum atomic E-state index is 12.7. The van der Waals surface area contributed by atoms with Crippen LogP contribution in [-0.4, -0.2) is 50.6 Å². The van der Waals surface area contributed by atoms with Crippen molar-refractivity contribution in [2.75, 3.05) is 37.0 Å². The van der Waals surface area contributed by atoms with E-state index in [4.69, 9.17) is 0 Å². The Balaban J connectivity index is 1.82. The van der Waals surface area contributed by atoms with Crippen molar-refractivity contribution in [3.05, 3.63) is 35.2 Å². The van der Waals surface area contributed by atoms with Crippen LogP contribution in [0.4, 0.5) is 11.9 Å². The quantitative estimate of drug-likeness (QED) is 0.787. The number of anilines is 2. The van der Waals surface area contributed by atoms with Gasteiger partial charge >= 0.3 is 0 Å². The Morgan fingerprint density at radius 3 is 2.39 bits per heavy atom. The van der Waals surface area contributed by atoms with E-state index in [0.29, 0.717) is 17.7 Å². The highest BCUT2D eigenvalue weighted by atomic mass is 32.2. The average molecular weight is 405 g/mol. The Hall–Kier alpha value is -2.26. The number of rotatable bonds is 6. The van der Waals surface area contributed by atoms with E-state index in [2.05, 4.69) is 24.6 Å². The van der Waals surface area contributed by atoms with E-state index in [1.807, 2.05) is 34.0 Å². The van der Waals surface area contributed by atoms with Crippen LogP contribution in [0.3, 0.4) is 0 Å². The van der Waals surface area contributed by atoms with Crippen LogP contribution in [0.1, 0.15) is 36.2 Å². The van der Waals surface area contributed by atoms with Crippen molar-refractivity contribution < 1.29 is 8.42 Å². The second kappa shape index (κ2) is 8.40. The van der Waals surface area contributed by atoms with Gasteiger partial charge in [0, 0.05) is 27.2 Å². The van der Waals surface area contributed by atoms with E-state index in [0.717, 1.165) is 37.1 Å². The highest BCUT2D eigenvalue weighted by Crippen LogP contribution is 2.19. The summed E-state index contributed by atoms with van der Waals surface area (Å²) in [6, 6.07) is 5.10. The number of benzene rings is 1. The third kappa shape index (κ3) is 4.77. The molecule has 0 radical (unpaired) electrons. The summed E-state index contributed by atoms with van der Waals surface area (Å²) < 4.78 is 28.0. The van der Waals surface area contributed by atoms with Crippen LogP contribution in [0.5, 0.6) is 0 Å². The molecule has 1 N–H and O–H groups in total. The predicted molar refractivity (Wildman–Crippen MR) is 110 cm³/mol. The van der Waals surface area contributed by atoms with Crippen LogP contribution in [-0.2, 0) is 16.6 Å². The van der Waals surface area contributed by atoms with Gasteiger partial charge in [-0.15, -0.1) is 0 Å². The molecule has 2 heterocycles. The van der Waals surface area contributed by atoms with E-state index in [1.165, 1.54) is 6.42 Å². The minimum atomic E-state index is -3.65. The Morgan fingerprint density at radius 1 is 1.04 bits per heavy atom. The van der Waals surface area contributed by atoms with Crippen molar-refractivity contribution in [3.8, 4) is 0 Å². The van der Waals surface area contributed by atoms with Gasteiger partial charge in [-0.1, -0.05) is 6.07 Å². The fraction of sp³-hybridized carbons (Fsp3) is 0.526. The van der Waals surface area contributed by atoms with Crippen LogP contribution in [0, 0.1) is 13.8 Å². The monoisotopic (exact) mass is 404 g/mol. The average Bonchev–Trinajstić information content (AvgIpc) is 2.69. The number of aromatic nitrogens is 3. The number of nitrogens with one attached hydrogen (secondary N) is 1. The summed E-state index contributed by atoms with van der Waals surface area (Å²) in [7, 11) is 0.0728. The van der Waals surface area contributed by atoms with Crippen molar-refractivity contribution in [2.24, 2.45) is 0 Å². The van der Waals surface area contributed by atoms with Crippen LogP contribution < -0.4 is 14.5 Å². The molecule has 3 rings (SSSR count). The molecule has 1 fully saturated rings. The minimum absolute atomic E-state index is 0.0134. The highest BCUT2D eigenvalue weighted by Gasteiger charge is 2.19. The number of hydrogen-bond acceptors (Lipinski definition) is 7. The lowest BCUT2D eigenvalue weighted by molar-refractivity contribution is 0.563. The van der Waals surface area contributed by atoms with Crippen molar-refractivity contribution in [3.63, 3.8) is 0 Å². The molecule has 1 aromatic heterocycles. The Bertz CT molecular complexity index is 939. The van der Waals surface area contributed by atoms with E-state index in [-0.39, 0.29) is 11.4 Å². The molecule has 0 atom stereocenters. The molecule has 0 spiro atoms. The molecular weight excluding hydrogens is 376 g/mol. The highest BCUT2D eigenvalue weighted by molar-refractivity contribution is 7.89. The number of piperidine rings is 1. The summed E-state index contributed by atoms with van der Waals surface area (Å²) in [6.45, 7) is 5.68. The number of nitrogens with zero attached hydrogens (tertiary/aromatic N) is 5. The first kappa shape index (κ1) is 20.5. The van der Waals surface area contributed by atoms with Crippen LogP contribution in [0.2, 0.25) is 0 Å². The Kier molecular flexibility index (Phi) is 6.14. The molecule has 0 saturated carbocycles. The van der Waals surface area contributed by atoms with Crippen LogP contribution >= 0.6 is 0 Å². The summed E-state index contributed by atoms with van der Waals surface area (Å²) in [6.07, 6.45) is 3.43. The van der Waals surface area contributed by atoms with Gasteiger partial charge < -0.3 is 9.80 Å². The van der Waals surface area contributed by atoms with E-state index < -0.39 is 10.0 Å². The molecule has 1 aromatic carbocycles. The van der Waals surface area contributed by atoms with Crippen molar-refractivity contribution in [2.45, 2.75) is 44.6 Å². The zero-order valence-electron chi connectivity index (χ0n) is 16.9. The fourth-order valence-corrected chi connectivity index (χ4v) is 4.10. The zero-order chi connectivity index (χ0) is 20.3. The second-order valence-electron chi connectivity index (χ2n) is 7.36. The van der Waals surface area contributed by atoms with Gasteiger partial charge in [0.15, 0.2) is 5.82 Å². The van der Waals surface area contributed by atoms with Gasteiger partial charge in [-0.05, 0) is 56.4 Å². The van der Waals surface area contributed by atoms with Crippen molar-refractivity contribution in [1.82, 2.24) is 19.7 Å². The van der Waals surface area contributed by atoms with Gasteiger partial charge in [0.25, 0.3) is 0 Å². The topological polar surface area (TPSA) is 91.3 Å². The smallest absolute Gasteiger partial charge is 0.240 e. The van der Waals surface area contributed by atoms with E-state index in [1.54, 1.807) is 17.0 Å². The number of hydrogen-bond donors (Lipinski definition) is 1. The van der Waals surface area contributed by atoms with Crippen molar-refractivity contribution in [1.29, 1.82) is 0 Å². The molecule has 1 saturated heterocycles. The molecule has 2 aromatic rings. The summed E-state index contributed by atoms with van der Waals surface area (Å²) in [4.78, 5) is 17.6. The molecule has 152 valence electrons. The first-order valence-corrected chi connectivity index (χ1v) is 11.0. The molecule has 0 aliphatic carbocycles. The molecule has 1 aliphatic rings. The first-order valence-electron chi connectivity index (χ1n) is 9.50. The molecule has 0 unspecified atom stereocenters. The Labute approximate surface area is 167 Å². The zero-order valence-corrected chi connectivity index (χ0v) is 17.8. The molecule has 0 bridgehead atoms. The molecular formula is C19H28N6O2S. The summed E-state index contributed by atoms with van der Waals surface area (Å²) in [5.74, 6) is 1.54. The molecule has 8 nitrogen and oxygen atoms in total. The van der Waals surface area contributed by atoms with E-state index in [9.17, 15) is 8.42 Å². The van der Waals surface area contributed by atoms with Gasteiger partial charge in [-0.2, -0.15) is 15.0 Å². The van der Waals surface area contributed by atoms with E-state index >= 15 is 0 Å². The second-order valence-corrected chi connectivity index (χ2v) is 9.13. The normalized spacial score (nSPS) is 14.9. The SMILES string of the molecule is Cc1ccc(S(=O)(=O)NCc2nc(N(C)C)nc(N3CCCCC3)n2)cc1C. The molecule has 0 amide bonds. The maximum absolute atomic E-state index is 12.7. The van der Waals surface area contributed by atoms with Gasteiger partial charge in [0.05, 0.1) is 11.4 Å². The lowest BCUT2D eigenvalue weighted by Gasteiger charge is -2.27.